The molecule has 0 aliphatic heterocycles. The lowest BCUT2D eigenvalue weighted by Gasteiger charge is -2.14. The minimum Gasteiger partial charge on any atom is -0.493 e. The van der Waals surface area contributed by atoms with Crippen LogP contribution in [0, 0.1) is 5.92 Å². The summed E-state index contributed by atoms with van der Waals surface area (Å²) in [6, 6.07) is 18.6. The predicted octanol–water partition coefficient (Wildman–Crippen LogP) is 6.58. The number of nitrogens with one attached hydrogen (secondary N) is 2. The minimum absolute atomic E-state index is 0.0718. The molecular formula is C26H28Cl2N2O3. The summed E-state index contributed by atoms with van der Waals surface area (Å²) in [5.41, 5.74) is 3.42. The van der Waals surface area contributed by atoms with Crippen LogP contribution < -0.4 is 20.1 Å². The number of halogens is 2. The highest BCUT2D eigenvalue weighted by molar-refractivity contribution is 6.42. The van der Waals surface area contributed by atoms with Gasteiger partial charge in [-0.25, -0.2) is 0 Å². The van der Waals surface area contributed by atoms with Crippen molar-refractivity contribution in [3.05, 3.63) is 87.4 Å². The van der Waals surface area contributed by atoms with Crippen molar-refractivity contribution < 1.29 is 14.3 Å². The molecule has 0 aliphatic rings. The lowest BCUT2D eigenvalue weighted by Crippen LogP contribution is -2.27. The van der Waals surface area contributed by atoms with E-state index in [2.05, 4.69) is 24.5 Å². The Labute approximate surface area is 205 Å². The Morgan fingerprint density at radius 2 is 1.73 bits per heavy atom. The van der Waals surface area contributed by atoms with Gasteiger partial charge < -0.3 is 20.1 Å². The molecule has 0 saturated heterocycles. The molecule has 3 aromatic rings. The summed E-state index contributed by atoms with van der Waals surface area (Å²) < 4.78 is 11.4. The van der Waals surface area contributed by atoms with Gasteiger partial charge in [-0.05, 0) is 59.5 Å². The summed E-state index contributed by atoms with van der Waals surface area (Å²) >= 11 is 12.0. The molecule has 0 saturated carbocycles. The van der Waals surface area contributed by atoms with Gasteiger partial charge in [0.05, 0.1) is 17.2 Å². The van der Waals surface area contributed by atoms with E-state index in [1.165, 1.54) is 0 Å². The third-order valence-electron chi connectivity index (χ3n) is 4.90. The number of hydrogen-bond acceptors (Lipinski definition) is 4. The highest BCUT2D eigenvalue weighted by Crippen LogP contribution is 2.30. The average Bonchev–Trinajstić information content (AvgIpc) is 2.82. The largest absolute Gasteiger partial charge is 0.493 e. The first-order valence-corrected chi connectivity index (χ1v) is 11.5. The van der Waals surface area contributed by atoms with Gasteiger partial charge in [0.1, 0.15) is 6.61 Å². The molecule has 0 atom stereocenters. The van der Waals surface area contributed by atoms with Crippen LogP contribution >= 0.6 is 23.2 Å². The number of carbonyl (C=O) groups is 1. The first kappa shape index (κ1) is 24.7. The molecule has 1 amide bonds. The van der Waals surface area contributed by atoms with Crippen molar-refractivity contribution in [2.75, 3.05) is 19.0 Å². The average molecular weight is 487 g/mol. The molecule has 0 radical (unpaired) electrons. The molecule has 0 spiro atoms. The van der Waals surface area contributed by atoms with Crippen molar-refractivity contribution in [2.45, 2.75) is 27.0 Å². The van der Waals surface area contributed by atoms with Crippen LogP contribution in [-0.4, -0.2) is 19.6 Å². The van der Waals surface area contributed by atoms with E-state index in [9.17, 15) is 4.79 Å². The second-order valence-corrected chi connectivity index (χ2v) is 8.87. The molecule has 0 aromatic heterocycles. The Morgan fingerprint density at radius 1 is 0.939 bits per heavy atom. The fraction of sp³-hybridized carbons (Fsp3) is 0.269. The maximum Gasteiger partial charge on any atom is 0.251 e. The van der Waals surface area contributed by atoms with Gasteiger partial charge in [0.25, 0.3) is 5.91 Å². The molecule has 0 fully saturated rings. The van der Waals surface area contributed by atoms with Gasteiger partial charge in [-0.1, -0.05) is 55.2 Å². The third-order valence-corrected chi connectivity index (χ3v) is 5.64. The number of benzene rings is 3. The van der Waals surface area contributed by atoms with Gasteiger partial charge in [-0.3, -0.25) is 4.79 Å². The van der Waals surface area contributed by atoms with Crippen LogP contribution in [0.15, 0.2) is 60.7 Å². The molecule has 0 heterocycles. The van der Waals surface area contributed by atoms with Crippen LogP contribution in [0.25, 0.3) is 0 Å². The molecule has 2 N–H and O–H groups in total. The monoisotopic (exact) mass is 486 g/mol. The highest BCUT2D eigenvalue weighted by Gasteiger charge is 2.09. The lowest BCUT2D eigenvalue weighted by atomic mass is 10.1. The lowest BCUT2D eigenvalue weighted by molar-refractivity contribution is 0.0949. The summed E-state index contributed by atoms with van der Waals surface area (Å²) in [4.78, 5) is 12.3. The topological polar surface area (TPSA) is 59.6 Å². The number of hydrogen-bond donors (Lipinski definition) is 2. The zero-order chi connectivity index (χ0) is 23.8. The fourth-order valence-electron chi connectivity index (χ4n) is 3.11. The summed E-state index contributed by atoms with van der Waals surface area (Å²) in [6.07, 6.45) is 0. The number of carbonyl (C=O) groups excluding carboxylic acids is 1. The number of amides is 1. The van der Waals surface area contributed by atoms with Crippen LogP contribution in [0.5, 0.6) is 11.5 Å². The Kier molecular flexibility index (Phi) is 8.87. The van der Waals surface area contributed by atoms with Crippen molar-refractivity contribution in [2.24, 2.45) is 5.92 Å². The SMILES string of the molecule is COc1cc(CNc2cccc(C(=O)NCC(C)C)c2)ccc1OCc1ccc(Cl)c(Cl)c1. The molecule has 0 bridgehead atoms. The maximum absolute atomic E-state index is 12.3. The summed E-state index contributed by atoms with van der Waals surface area (Å²) in [7, 11) is 1.61. The molecule has 33 heavy (non-hydrogen) atoms. The quantitative estimate of drug-likeness (QED) is 0.339. The van der Waals surface area contributed by atoms with Crippen molar-refractivity contribution in [3.63, 3.8) is 0 Å². The van der Waals surface area contributed by atoms with Gasteiger partial charge >= 0.3 is 0 Å². The maximum atomic E-state index is 12.3. The number of ether oxygens (including phenoxy) is 2. The van der Waals surface area contributed by atoms with E-state index in [-0.39, 0.29) is 5.91 Å². The van der Waals surface area contributed by atoms with E-state index in [0.29, 0.717) is 52.7 Å². The standard InChI is InChI=1S/C26H28Cl2N2O3/c1-17(2)14-30-26(31)20-5-4-6-21(13-20)29-15-18-8-10-24(25(12-18)32-3)33-16-19-7-9-22(27)23(28)11-19/h4-13,17,29H,14-16H2,1-3H3,(H,30,31). The van der Waals surface area contributed by atoms with E-state index < -0.39 is 0 Å². The van der Waals surface area contributed by atoms with Crippen molar-refractivity contribution in [1.82, 2.24) is 5.32 Å². The molecule has 0 aliphatic carbocycles. The Bertz CT molecular complexity index is 1100. The molecule has 0 unspecified atom stereocenters. The first-order valence-electron chi connectivity index (χ1n) is 10.7. The molecule has 3 rings (SSSR count). The zero-order valence-corrected chi connectivity index (χ0v) is 20.5. The van der Waals surface area contributed by atoms with E-state index >= 15 is 0 Å². The Balaban J connectivity index is 1.61. The second-order valence-electron chi connectivity index (χ2n) is 8.06. The second kappa shape index (κ2) is 11.8. The van der Waals surface area contributed by atoms with Crippen LogP contribution in [0.2, 0.25) is 10.0 Å². The number of methoxy groups -OCH3 is 1. The molecule has 7 heteroatoms. The Hall–Kier alpha value is -2.89. The zero-order valence-electron chi connectivity index (χ0n) is 19.0. The highest BCUT2D eigenvalue weighted by atomic mass is 35.5. The molecule has 3 aromatic carbocycles. The minimum atomic E-state index is -0.0718. The predicted molar refractivity (Wildman–Crippen MR) is 135 cm³/mol. The van der Waals surface area contributed by atoms with Gasteiger partial charge in [-0.15, -0.1) is 0 Å². The van der Waals surface area contributed by atoms with Crippen LogP contribution in [0.4, 0.5) is 5.69 Å². The normalized spacial score (nSPS) is 10.7. The Morgan fingerprint density at radius 3 is 2.45 bits per heavy atom. The van der Waals surface area contributed by atoms with Gasteiger partial charge in [0.15, 0.2) is 11.5 Å². The van der Waals surface area contributed by atoms with E-state index in [1.807, 2.05) is 48.5 Å². The van der Waals surface area contributed by atoms with E-state index in [1.54, 1.807) is 19.2 Å². The van der Waals surface area contributed by atoms with Crippen molar-refractivity contribution in [1.29, 1.82) is 0 Å². The van der Waals surface area contributed by atoms with Crippen molar-refractivity contribution >= 4 is 34.8 Å². The molecular weight excluding hydrogens is 459 g/mol. The van der Waals surface area contributed by atoms with Gasteiger partial charge in [-0.2, -0.15) is 0 Å². The third kappa shape index (κ3) is 7.31. The smallest absolute Gasteiger partial charge is 0.251 e. The van der Waals surface area contributed by atoms with Crippen LogP contribution in [0.3, 0.4) is 0 Å². The van der Waals surface area contributed by atoms with Crippen molar-refractivity contribution in [3.8, 4) is 11.5 Å². The van der Waals surface area contributed by atoms with E-state index in [4.69, 9.17) is 32.7 Å². The number of rotatable bonds is 10. The molecule has 5 nitrogen and oxygen atoms in total. The summed E-state index contributed by atoms with van der Waals surface area (Å²) in [6.45, 7) is 5.69. The van der Waals surface area contributed by atoms with Crippen LogP contribution in [0.1, 0.15) is 35.3 Å². The van der Waals surface area contributed by atoms with Gasteiger partial charge in [0.2, 0.25) is 0 Å². The number of anilines is 1. The first-order chi connectivity index (χ1) is 15.9. The van der Waals surface area contributed by atoms with Crippen LogP contribution in [-0.2, 0) is 13.2 Å². The summed E-state index contributed by atoms with van der Waals surface area (Å²) in [5.74, 6) is 1.60. The van der Waals surface area contributed by atoms with E-state index in [0.717, 1.165) is 16.8 Å². The fourth-order valence-corrected chi connectivity index (χ4v) is 3.43. The molecule has 174 valence electrons. The summed E-state index contributed by atoms with van der Waals surface area (Å²) in [5, 5.41) is 7.30. The van der Waals surface area contributed by atoms with Gasteiger partial charge in [0, 0.05) is 24.3 Å².